The lowest BCUT2D eigenvalue weighted by atomic mass is 10.2. The summed E-state index contributed by atoms with van der Waals surface area (Å²) in [5.41, 5.74) is 0.548. The lowest BCUT2D eigenvalue weighted by molar-refractivity contribution is 0.484. The SMILES string of the molecule is CC(C)NCCCc1nnc(-c2ccc(F)cc2Cl)o1. The second-order valence-electron chi connectivity index (χ2n) is 4.84. The van der Waals surface area contributed by atoms with Crippen molar-refractivity contribution in [3.63, 3.8) is 0 Å². The Morgan fingerprint density at radius 2 is 2.15 bits per heavy atom. The summed E-state index contributed by atoms with van der Waals surface area (Å²) in [5.74, 6) is 0.492. The van der Waals surface area contributed by atoms with Crippen LogP contribution in [0.15, 0.2) is 22.6 Å². The van der Waals surface area contributed by atoms with Crippen LogP contribution in [0.1, 0.15) is 26.2 Å². The average molecular weight is 298 g/mol. The molecule has 0 spiro atoms. The quantitative estimate of drug-likeness (QED) is 0.830. The molecular formula is C14H17ClFN3O. The van der Waals surface area contributed by atoms with E-state index in [2.05, 4.69) is 29.4 Å². The van der Waals surface area contributed by atoms with Crippen LogP contribution >= 0.6 is 11.6 Å². The van der Waals surface area contributed by atoms with E-state index in [-0.39, 0.29) is 5.02 Å². The molecule has 1 aromatic carbocycles. The number of nitrogens with one attached hydrogen (secondary N) is 1. The Morgan fingerprint density at radius 1 is 1.35 bits per heavy atom. The van der Waals surface area contributed by atoms with Crippen molar-refractivity contribution >= 4 is 11.6 Å². The molecule has 2 rings (SSSR count). The maximum absolute atomic E-state index is 13.0. The molecule has 0 saturated heterocycles. The van der Waals surface area contributed by atoms with Crippen molar-refractivity contribution in [2.75, 3.05) is 6.54 Å². The van der Waals surface area contributed by atoms with Gasteiger partial charge in [0.15, 0.2) is 0 Å². The van der Waals surface area contributed by atoms with Crippen LogP contribution in [0.3, 0.4) is 0 Å². The lowest BCUT2D eigenvalue weighted by Gasteiger charge is -2.05. The van der Waals surface area contributed by atoms with Crippen molar-refractivity contribution in [2.24, 2.45) is 0 Å². The molecule has 0 amide bonds. The van der Waals surface area contributed by atoms with E-state index in [9.17, 15) is 4.39 Å². The van der Waals surface area contributed by atoms with Gasteiger partial charge < -0.3 is 9.73 Å². The average Bonchev–Trinajstić information content (AvgIpc) is 2.83. The van der Waals surface area contributed by atoms with E-state index >= 15 is 0 Å². The summed E-state index contributed by atoms with van der Waals surface area (Å²) in [6.07, 6.45) is 1.61. The molecule has 1 N–H and O–H groups in total. The molecule has 0 atom stereocenters. The van der Waals surface area contributed by atoms with E-state index in [0.29, 0.717) is 29.8 Å². The van der Waals surface area contributed by atoms with E-state index in [4.69, 9.17) is 16.0 Å². The van der Waals surface area contributed by atoms with Crippen molar-refractivity contribution in [1.29, 1.82) is 0 Å². The van der Waals surface area contributed by atoms with Crippen molar-refractivity contribution in [3.8, 4) is 11.5 Å². The van der Waals surface area contributed by atoms with Gasteiger partial charge in [-0.25, -0.2) is 4.39 Å². The smallest absolute Gasteiger partial charge is 0.249 e. The summed E-state index contributed by atoms with van der Waals surface area (Å²) in [4.78, 5) is 0. The first-order chi connectivity index (χ1) is 9.56. The standard InChI is InChI=1S/C14H17ClFN3O/c1-9(2)17-7-3-4-13-18-19-14(20-13)11-6-5-10(16)8-12(11)15/h5-6,8-9,17H,3-4,7H2,1-2H3. The van der Waals surface area contributed by atoms with Crippen LogP contribution in [0.5, 0.6) is 0 Å². The predicted octanol–water partition coefficient (Wildman–Crippen LogP) is 3.46. The summed E-state index contributed by atoms with van der Waals surface area (Å²) >= 11 is 5.96. The molecule has 20 heavy (non-hydrogen) atoms. The van der Waals surface area contributed by atoms with Gasteiger partial charge in [0.2, 0.25) is 11.8 Å². The number of hydrogen-bond donors (Lipinski definition) is 1. The van der Waals surface area contributed by atoms with Gasteiger partial charge in [0, 0.05) is 12.5 Å². The minimum absolute atomic E-state index is 0.265. The Balaban J connectivity index is 1.98. The Hall–Kier alpha value is -1.46. The first-order valence-electron chi connectivity index (χ1n) is 6.57. The third-order valence-electron chi connectivity index (χ3n) is 2.75. The summed E-state index contributed by atoms with van der Waals surface area (Å²) in [6.45, 7) is 5.09. The number of aromatic nitrogens is 2. The van der Waals surface area contributed by atoms with Gasteiger partial charge in [-0.15, -0.1) is 10.2 Å². The van der Waals surface area contributed by atoms with Gasteiger partial charge in [0.05, 0.1) is 10.6 Å². The molecule has 0 aliphatic carbocycles. The zero-order valence-electron chi connectivity index (χ0n) is 11.5. The summed E-state index contributed by atoms with van der Waals surface area (Å²) in [7, 11) is 0. The van der Waals surface area contributed by atoms with Crippen LogP contribution in [0.2, 0.25) is 5.02 Å². The summed E-state index contributed by atoms with van der Waals surface area (Å²) in [5, 5.41) is 11.5. The van der Waals surface area contributed by atoms with Crippen molar-refractivity contribution < 1.29 is 8.81 Å². The lowest BCUT2D eigenvalue weighted by Crippen LogP contribution is -2.23. The van der Waals surface area contributed by atoms with Gasteiger partial charge in [-0.2, -0.15) is 0 Å². The number of rotatable bonds is 6. The maximum atomic E-state index is 13.0. The molecule has 2 aromatic rings. The van der Waals surface area contributed by atoms with Gasteiger partial charge in [0.25, 0.3) is 0 Å². The van der Waals surface area contributed by atoms with Gasteiger partial charge in [-0.3, -0.25) is 0 Å². The molecule has 108 valence electrons. The Labute approximate surface area is 122 Å². The molecule has 1 aromatic heterocycles. The van der Waals surface area contributed by atoms with Crippen LogP contribution in [0, 0.1) is 5.82 Å². The van der Waals surface area contributed by atoms with Crippen LogP contribution in [-0.4, -0.2) is 22.8 Å². The molecule has 4 nitrogen and oxygen atoms in total. The fourth-order valence-corrected chi connectivity index (χ4v) is 2.00. The van der Waals surface area contributed by atoms with Gasteiger partial charge in [0.1, 0.15) is 5.82 Å². The van der Waals surface area contributed by atoms with E-state index in [1.54, 1.807) is 0 Å². The molecular weight excluding hydrogens is 281 g/mol. The predicted molar refractivity (Wildman–Crippen MR) is 76.2 cm³/mol. The molecule has 6 heteroatoms. The number of hydrogen-bond acceptors (Lipinski definition) is 4. The zero-order valence-corrected chi connectivity index (χ0v) is 12.2. The zero-order chi connectivity index (χ0) is 14.5. The number of halogens is 2. The van der Waals surface area contributed by atoms with Crippen LogP contribution in [0.4, 0.5) is 4.39 Å². The topological polar surface area (TPSA) is 51.0 Å². The fourth-order valence-electron chi connectivity index (χ4n) is 1.76. The Bertz CT molecular complexity index is 571. The Morgan fingerprint density at radius 3 is 2.85 bits per heavy atom. The third-order valence-corrected chi connectivity index (χ3v) is 3.06. The molecule has 0 fully saturated rings. The molecule has 0 bridgehead atoms. The number of aryl methyl sites for hydroxylation is 1. The third kappa shape index (κ3) is 4.02. The first kappa shape index (κ1) is 14.9. The van der Waals surface area contributed by atoms with Crippen LogP contribution < -0.4 is 5.32 Å². The maximum Gasteiger partial charge on any atom is 0.249 e. The van der Waals surface area contributed by atoms with Crippen molar-refractivity contribution in [1.82, 2.24) is 15.5 Å². The van der Waals surface area contributed by atoms with Crippen molar-refractivity contribution in [3.05, 3.63) is 34.9 Å². The van der Waals surface area contributed by atoms with Crippen LogP contribution in [-0.2, 0) is 6.42 Å². The highest BCUT2D eigenvalue weighted by molar-refractivity contribution is 6.33. The highest BCUT2D eigenvalue weighted by Crippen LogP contribution is 2.27. The second-order valence-corrected chi connectivity index (χ2v) is 5.24. The molecule has 0 radical (unpaired) electrons. The van der Waals surface area contributed by atoms with E-state index in [1.165, 1.54) is 18.2 Å². The minimum atomic E-state index is -0.391. The highest BCUT2D eigenvalue weighted by Gasteiger charge is 2.12. The summed E-state index contributed by atoms with van der Waals surface area (Å²) in [6, 6.07) is 4.55. The molecule has 0 saturated carbocycles. The second kappa shape index (κ2) is 6.81. The number of benzene rings is 1. The molecule has 0 unspecified atom stereocenters. The minimum Gasteiger partial charge on any atom is -0.421 e. The first-order valence-corrected chi connectivity index (χ1v) is 6.95. The molecule has 0 aliphatic heterocycles. The van der Waals surface area contributed by atoms with Crippen molar-refractivity contribution in [2.45, 2.75) is 32.7 Å². The largest absolute Gasteiger partial charge is 0.421 e. The van der Waals surface area contributed by atoms with E-state index in [1.807, 2.05) is 0 Å². The van der Waals surface area contributed by atoms with Crippen LogP contribution in [0.25, 0.3) is 11.5 Å². The monoisotopic (exact) mass is 297 g/mol. The van der Waals surface area contributed by atoms with Gasteiger partial charge in [-0.1, -0.05) is 25.4 Å². The summed E-state index contributed by atoms with van der Waals surface area (Å²) < 4.78 is 18.5. The van der Waals surface area contributed by atoms with E-state index < -0.39 is 5.82 Å². The molecule has 0 aliphatic rings. The molecule has 1 heterocycles. The fraction of sp³-hybridized carbons (Fsp3) is 0.429. The number of nitrogens with zero attached hydrogens (tertiary/aromatic N) is 2. The van der Waals surface area contributed by atoms with E-state index in [0.717, 1.165) is 13.0 Å². The normalized spacial score (nSPS) is 11.2. The Kier molecular flexibility index (Phi) is 5.09. The highest BCUT2D eigenvalue weighted by atomic mass is 35.5. The van der Waals surface area contributed by atoms with Gasteiger partial charge in [-0.05, 0) is 31.2 Å². The van der Waals surface area contributed by atoms with Gasteiger partial charge >= 0.3 is 0 Å².